The molecule has 2 atom stereocenters. The highest BCUT2D eigenvalue weighted by molar-refractivity contribution is 5.85. The van der Waals surface area contributed by atoms with Crippen LogP contribution in [-0.2, 0) is 24.7 Å². The Bertz CT molecular complexity index is 1160. The van der Waals surface area contributed by atoms with Crippen LogP contribution in [-0.4, -0.2) is 85.0 Å². The smallest absolute Gasteiger partial charge is 0.430 e. The fraction of sp³-hybridized carbons (Fsp3) is 0.483. The number of rotatable bonds is 8. The third-order valence-corrected chi connectivity index (χ3v) is 8.24. The molecule has 1 amide bonds. The van der Waals surface area contributed by atoms with Crippen molar-refractivity contribution < 1.29 is 47.0 Å². The molecule has 2 aromatic carbocycles. The Hall–Kier alpha value is -3.48. The number of hydrogen-bond acceptors (Lipinski definition) is 7. The van der Waals surface area contributed by atoms with Gasteiger partial charge in [-0.2, -0.15) is 13.2 Å². The fourth-order valence-electron chi connectivity index (χ4n) is 5.70. The highest BCUT2D eigenvalue weighted by atomic mass is 19.4. The van der Waals surface area contributed by atoms with Gasteiger partial charge in [0.05, 0.1) is 32.2 Å². The molecule has 2 aromatic rings. The topological polar surface area (TPSA) is 128 Å². The molecular weight excluding hydrogens is 543 g/mol. The molecule has 0 unspecified atom stereocenters. The molecule has 4 heterocycles. The maximum atomic E-state index is 13.6. The van der Waals surface area contributed by atoms with Crippen LogP contribution < -0.4 is 15.7 Å². The molecule has 0 radical (unpaired) electrons. The Morgan fingerprint density at radius 3 is 1.93 bits per heavy atom. The van der Waals surface area contributed by atoms with E-state index in [2.05, 4.69) is 10.6 Å². The van der Waals surface area contributed by atoms with Crippen LogP contribution in [0, 0.1) is 5.92 Å². The van der Waals surface area contributed by atoms with Crippen molar-refractivity contribution >= 4 is 17.8 Å². The Balaban J connectivity index is 0.000000493. The third kappa shape index (κ3) is 7.06. The minimum Gasteiger partial charge on any atom is -0.542 e. The maximum Gasteiger partial charge on any atom is 0.430 e. The van der Waals surface area contributed by atoms with E-state index in [9.17, 15) is 27.9 Å². The Morgan fingerprint density at radius 1 is 0.976 bits per heavy atom. The lowest BCUT2D eigenvalue weighted by atomic mass is 9.82. The van der Waals surface area contributed by atoms with Crippen LogP contribution in [0.4, 0.5) is 13.2 Å². The summed E-state index contributed by atoms with van der Waals surface area (Å²) in [5.41, 5.74) is -0.851. The van der Waals surface area contributed by atoms with E-state index < -0.39 is 23.7 Å². The van der Waals surface area contributed by atoms with Crippen LogP contribution in [0.5, 0.6) is 0 Å². The molecule has 0 aromatic heterocycles. The van der Waals surface area contributed by atoms with Gasteiger partial charge in [0.15, 0.2) is 6.10 Å². The number of carboxylic acid groups (broad SMARTS) is 1. The number of alkyl halides is 3. The van der Waals surface area contributed by atoms with Gasteiger partial charge in [-0.3, -0.25) is 4.79 Å². The number of halogens is 3. The number of amides is 1. The molecule has 6 rings (SSSR count). The van der Waals surface area contributed by atoms with Crippen LogP contribution in [0.25, 0.3) is 0 Å². The summed E-state index contributed by atoms with van der Waals surface area (Å²) in [5.74, 6) is -3.23. The predicted molar refractivity (Wildman–Crippen MR) is 139 cm³/mol. The zero-order chi connectivity index (χ0) is 29.7. The Labute approximate surface area is 235 Å². The summed E-state index contributed by atoms with van der Waals surface area (Å²) in [6, 6.07) is 18.0. The van der Waals surface area contributed by atoms with E-state index in [-0.39, 0.29) is 18.1 Å². The van der Waals surface area contributed by atoms with Gasteiger partial charge < -0.3 is 34.9 Å². The molecule has 3 N–H and O–H groups in total. The summed E-state index contributed by atoms with van der Waals surface area (Å²) < 4.78 is 38.5. The first-order chi connectivity index (χ1) is 19.4. The number of quaternary nitrogens is 1. The quantitative estimate of drug-likeness (QED) is 0.314. The monoisotopic (exact) mass is 577 g/mol. The first-order valence-corrected chi connectivity index (χ1v) is 13.6. The third-order valence-electron chi connectivity index (χ3n) is 8.24. The number of piperidine rings is 3. The Kier molecular flexibility index (Phi) is 9.35. The standard InChI is InChI=1S/C27H33N3O4.C2HF3O2/c31-25(23-11-14-28-23)29-15-18-30-16-12-20(13-17-30)24(19-30)34-26(32)27(33,21-7-3-1-4-8-21)22-9-5-2-6-10-22;3-2(4,5)1(6)7/h1-10,20,23-24,28,33H,11-19H2;(H,6,7)/t20?,23-,24-,30?;/m0./s1. The minimum absolute atomic E-state index is 0.0468. The van der Waals surface area contributed by atoms with Crippen LogP contribution in [0.2, 0.25) is 0 Å². The van der Waals surface area contributed by atoms with E-state index >= 15 is 0 Å². The van der Waals surface area contributed by atoms with Gasteiger partial charge in [-0.25, -0.2) is 4.79 Å². The van der Waals surface area contributed by atoms with E-state index in [0.29, 0.717) is 23.6 Å². The average molecular weight is 578 g/mol. The molecule has 4 aliphatic rings. The van der Waals surface area contributed by atoms with Gasteiger partial charge in [0.2, 0.25) is 11.5 Å². The average Bonchev–Trinajstić information content (AvgIpc) is 2.93. The predicted octanol–water partition coefficient (Wildman–Crippen LogP) is 0.851. The molecule has 9 nitrogen and oxygen atoms in total. The second kappa shape index (κ2) is 12.6. The fourth-order valence-corrected chi connectivity index (χ4v) is 5.70. The zero-order valence-corrected chi connectivity index (χ0v) is 22.4. The molecule has 0 spiro atoms. The first-order valence-electron chi connectivity index (χ1n) is 13.6. The summed E-state index contributed by atoms with van der Waals surface area (Å²) in [5, 5.41) is 26.7. The molecule has 4 saturated heterocycles. The second-order valence-corrected chi connectivity index (χ2v) is 10.8. The summed E-state index contributed by atoms with van der Waals surface area (Å²) in [6.45, 7) is 5.18. The van der Waals surface area contributed by atoms with Crippen LogP contribution in [0.1, 0.15) is 30.4 Å². The number of carboxylic acids is 1. The normalized spacial score (nSPS) is 25.2. The number of carbonyl (C=O) groups is 3. The van der Waals surface area contributed by atoms with Crippen LogP contribution in [0.15, 0.2) is 60.7 Å². The van der Waals surface area contributed by atoms with E-state index in [4.69, 9.17) is 14.6 Å². The Morgan fingerprint density at radius 2 is 1.49 bits per heavy atom. The lowest BCUT2D eigenvalue weighted by molar-refractivity contribution is -0.945. The first kappa shape index (κ1) is 30.5. The maximum absolute atomic E-state index is 13.6. The largest absolute Gasteiger partial charge is 0.542 e. The number of benzene rings is 2. The molecule has 2 bridgehead atoms. The van der Waals surface area contributed by atoms with Crippen molar-refractivity contribution in [2.75, 3.05) is 39.3 Å². The molecule has 41 heavy (non-hydrogen) atoms. The molecule has 0 aliphatic carbocycles. The molecule has 4 aliphatic heterocycles. The van der Waals surface area contributed by atoms with Crippen molar-refractivity contribution in [3.8, 4) is 0 Å². The number of carbonyl (C=O) groups excluding carboxylic acids is 3. The van der Waals surface area contributed by atoms with Crippen LogP contribution in [0.3, 0.4) is 0 Å². The molecule has 0 saturated carbocycles. The van der Waals surface area contributed by atoms with Gasteiger partial charge in [0.1, 0.15) is 12.5 Å². The number of nitrogens with one attached hydrogen (secondary N) is 2. The van der Waals surface area contributed by atoms with Gasteiger partial charge in [0, 0.05) is 18.8 Å². The number of esters is 1. The lowest BCUT2D eigenvalue weighted by Gasteiger charge is -2.52. The van der Waals surface area contributed by atoms with Gasteiger partial charge in [-0.05, 0) is 24.1 Å². The molecule has 12 heteroatoms. The number of aliphatic hydroxyl groups is 1. The van der Waals surface area contributed by atoms with Crippen molar-refractivity contribution in [1.29, 1.82) is 0 Å². The zero-order valence-electron chi connectivity index (χ0n) is 22.4. The van der Waals surface area contributed by atoms with Gasteiger partial charge in [0.25, 0.3) is 0 Å². The van der Waals surface area contributed by atoms with Crippen LogP contribution >= 0.6 is 0 Å². The summed E-state index contributed by atoms with van der Waals surface area (Å²) >= 11 is 0. The lowest BCUT2D eigenvalue weighted by Crippen LogP contribution is -2.66. The van der Waals surface area contributed by atoms with Crippen molar-refractivity contribution in [3.05, 3.63) is 71.8 Å². The van der Waals surface area contributed by atoms with Crippen molar-refractivity contribution in [2.24, 2.45) is 5.92 Å². The number of hydrogen-bond donors (Lipinski definition) is 3. The molecular formula is C29H34F3N3O6. The van der Waals surface area contributed by atoms with E-state index in [1.165, 1.54) is 0 Å². The van der Waals surface area contributed by atoms with Crippen molar-refractivity contribution in [2.45, 2.75) is 43.2 Å². The number of aliphatic carboxylic acids is 1. The summed E-state index contributed by atoms with van der Waals surface area (Å²) in [4.78, 5) is 34.6. The highest BCUT2D eigenvalue weighted by Crippen LogP contribution is 2.38. The number of nitrogens with zero attached hydrogens (tertiary/aromatic N) is 1. The van der Waals surface area contributed by atoms with Gasteiger partial charge in [-0.1, -0.05) is 60.7 Å². The molecule has 4 fully saturated rings. The van der Waals surface area contributed by atoms with E-state index in [1.54, 1.807) is 24.3 Å². The van der Waals surface area contributed by atoms with Crippen molar-refractivity contribution in [3.63, 3.8) is 0 Å². The minimum atomic E-state index is -5.19. The SMILES string of the molecule is O=C(NCC[N+]12CCC(CC1)[C@@H](OC(=O)C(O)(c1ccccc1)c1ccccc1)C2)[C@@H]1CCN1.O=C([O-])C(F)(F)F. The highest BCUT2D eigenvalue weighted by Gasteiger charge is 2.50. The van der Waals surface area contributed by atoms with Gasteiger partial charge in [-0.15, -0.1) is 0 Å². The van der Waals surface area contributed by atoms with Gasteiger partial charge >= 0.3 is 12.1 Å². The summed E-state index contributed by atoms with van der Waals surface area (Å²) in [6.07, 6.45) is -2.55. The number of fused-ring (bicyclic) bond motifs is 3. The van der Waals surface area contributed by atoms with E-state index in [0.717, 1.165) is 56.5 Å². The summed E-state index contributed by atoms with van der Waals surface area (Å²) in [7, 11) is 0. The number of ether oxygens (including phenoxy) is 1. The molecule has 222 valence electrons. The second-order valence-electron chi connectivity index (χ2n) is 10.8. The van der Waals surface area contributed by atoms with E-state index in [1.807, 2.05) is 36.4 Å². The van der Waals surface area contributed by atoms with Crippen molar-refractivity contribution in [1.82, 2.24) is 10.6 Å².